The maximum absolute atomic E-state index is 12.6. The van der Waals surface area contributed by atoms with Gasteiger partial charge in [0.05, 0.1) is 11.4 Å². The molecule has 3 aliphatic rings. The van der Waals surface area contributed by atoms with Crippen LogP contribution in [0, 0.1) is 5.92 Å². The lowest BCUT2D eigenvalue weighted by Gasteiger charge is -2.34. The molecule has 1 aromatic rings. The van der Waals surface area contributed by atoms with Crippen LogP contribution in [-0.4, -0.2) is 36.0 Å². The summed E-state index contributed by atoms with van der Waals surface area (Å²) in [6, 6.07) is 8.47. The van der Waals surface area contributed by atoms with Crippen molar-refractivity contribution in [3.63, 3.8) is 0 Å². The predicted octanol–water partition coefficient (Wildman–Crippen LogP) is 1.90. The summed E-state index contributed by atoms with van der Waals surface area (Å²) in [6.07, 6.45) is 3.74. The first-order valence-electron chi connectivity index (χ1n) is 7.21. The molecule has 2 fully saturated rings. The Kier molecular flexibility index (Phi) is 2.43. The largest absolute Gasteiger partial charge is 0.381 e. The van der Waals surface area contributed by atoms with Crippen LogP contribution in [0.3, 0.4) is 0 Å². The van der Waals surface area contributed by atoms with Crippen molar-refractivity contribution in [2.45, 2.75) is 31.3 Å². The number of carbonyl (C=O) groups excluding carboxylic acids is 1. The number of nitrogens with zero attached hydrogens (tertiary/aromatic N) is 1. The number of anilines is 2. The fraction of sp³-hybridized carbons (Fsp3) is 0.533. The quantitative estimate of drug-likeness (QED) is 0.807. The lowest BCUT2D eigenvalue weighted by molar-refractivity contribution is -0.133. The molecule has 4 rings (SSSR count). The summed E-state index contributed by atoms with van der Waals surface area (Å²) < 4.78 is 0. The highest BCUT2D eigenvalue weighted by atomic mass is 16.2. The highest BCUT2D eigenvalue weighted by Gasteiger charge is 2.42. The molecule has 0 spiro atoms. The van der Waals surface area contributed by atoms with Crippen LogP contribution in [0.1, 0.15) is 19.3 Å². The maximum atomic E-state index is 12.6. The van der Waals surface area contributed by atoms with E-state index in [1.165, 1.54) is 19.3 Å². The van der Waals surface area contributed by atoms with Gasteiger partial charge in [-0.3, -0.25) is 4.79 Å². The van der Waals surface area contributed by atoms with Crippen molar-refractivity contribution < 1.29 is 4.79 Å². The molecule has 4 nitrogen and oxygen atoms in total. The van der Waals surface area contributed by atoms with E-state index >= 15 is 0 Å². The van der Waals surface area contributed by atoms with Crippen LogP contribution in [0.2, 0.25) is 0 Å². The molecule has 4 heteroatoms. The number of para-hydroxylation sites is 2. The van der Waals surface area contributed by atoms with Gasteiger partial charge in [-0.2, -0.15) is 0 Å². The van der Waals surface area contributed by atoms with E-state index in [1.54, 1.807) is 0 Å². The zero-order chi connectivity index (χ0) is 12.8. The number of hydrogen-bond acceptors (Lipinski definition) is 3. The van der Waals surface area contributed by atoms with Crippen molar-refractivity contribution in [2.24, 2.45) is 5.92 Å². The van der Waals surface area contributed by atoms with Gasteiger partial charge in [0.25, 0.3) is 0 Å². The predicted molar refractivity (Wildman–Crippen MR) is 75.2 cm³/mol. The van der Waals surface area contributed by atoms with Crippen molar-refractivity contribution in [3.8, 4) is 0 Å². The van der Waals surface area contributed by atoms with E-state index in [2.05, 4.69) is 15.5 Å². The lowest BCUT2D eigenvalue weighted by Crippen LogP contribution is -2.50. The molecule has 100 valence electrons. The van der Waals surface area contributed by atoms with E-state index in [9.17, 15) is 4.79 Å². The Bertz CT molecular complexity index is 516. The third-order valence-corrected chi connectivity index (χ3v) is 4.74. The zero-order valence-electron chi connectivity index (χ0n) is 10.9. The van der Waals surface area contributed by atoms with Crippen molar-refractivity contribution in [1.29, 1.82) is 0 Å². The molecule has 2 N–H and O–H groups in total. The highest BCUT2D eigenvalue weighted by Crippen LogP contribution is 2.38. The second-order valence-corrected chi connectivity index (χ2v) is 5.95. The number of hydrogen-bond donors (Lipinski definition) is 2. The third kappa shape index (κ3) is 1.78. The Balaban J connectivity index is 1.50. The summed E-state index contributed by atoms with van der Waals surface area (Å²) >= 11 is 0. The second-order valence-electron chi connectivity index (χ2n) is 5.95. The molecule has 2 aliphatic heterocycles. The number of carbonyl (C=O) groups is 1. The van der Waals surface area contributed by atoms with Crippen LogP contribution in [0.5, 0.6) is 0 Å². The molecule has 19 heavy (non-hydrogen) atoms. The number of rotatable bonds is 1. The van der Waals surface area contributed by atoms with E-state index in [-0.39, 0.29) is 11.9 Å². The molecular weight excluding hydrogens is 238 g/mol. The minimum atomic E-state index is -0.116. The molecule has 0 radical (unpaired) electrons. The molecule has 1 saturated carbocycles. The highest BCUT2D eigenvalue weighted by molar-refractivity contribution is 5.89. The molecule has 1 amide bonds. The molecule has 1 aliphatic carbocycles. The van der Waals surface area contributed by atoms with E-state index in [0.717, 1.165) is 23.8 Å². The maximum Gasteiger partial charge on any atom is 0.247 e. The molecule has 2 heterocycles. The number of fused-ring (bicyclic) bond motifs is 3. The molecule has 1 saturated heterocycles. The van der Waals surface area contributed by atoms with Gasteiger partial charge in [-0.1, -0.05) is 12.1 Å². The summed E-state index contributed by atoms with van der Waals surface area (Å²) in [6.45, 7) is 1.66. The topological polar surface area (TPSA) is 44.4 Å². The standard InChI is InChI=1S/C15H19N3O/c19-15(18-9-10-5-6-11(18)7-10)14-8-16-12-3-1-2-4-13(12)17-14/h1-4,10-11,14,16-17H,5-9H2. The molecule has 2 bridgehead atoms. The van der Waals surface area contributed by atoms with Crippen molar-refractivity contribution in [1.82, 2.24) is 4.90 Å². The first-order valence-corrected chi connectivity index (χ1v) is 7.21. The smallest absolute Gasteiger partial charge is 0.247 e. The molecule has 0 aromatic heterocycles. The number of amides is 1. The normalized spacial score (nSPS) is 31.6. The SMILES string of the molecule is O=C(C1CNc2ccccc2N1)N1CC2CCC1C2. The number of likely N-dealkylation sites (tertiary alicyclic amines) is 1. The lowest BCUT2D eigenvalue weighted by atomic mass is 10.1. The second kappa shape index (κ2) is 4.15. The number of benzene rings is 1. The van der Waals surface area contributed by atoms with E-state index < -0.39 is 0 Å². The Morgan fingerprint density at radius 2 is 2.05 bits per heavy atom. The van der Waals surface area contributed by atoms with E-state index in [0.29, 0.717) is 12.6 Å². The van der Waals surface area contributed by atoms with Crippen molar-refractivity contribution in [2.75, 3.05) is 23.7 Å². The summed E-state index contributed by atoms with van der Waals surface area (Å²) in [5, 5.41) is 6.73. The first-order chi connectivity index (χ1) is 9.31. The summed E-state index contributed by atoms with van der Waals surface area (Å²) in [7, 11) is 0. The Morgan fingerprint density at radius 1 is 1.21 bits per heavy atom. The fourth-order valence-corrected chi connectivity index (χ4v) is 3.76. The Labute approximate surface area is 113 Å². The van der Waals surface area contributed by atoms with Crippen molar-refractivity contribution in [3.05, 3.63) is 24.3 Å². The van der Waals surface area contributed by atoms with Gasteiger partial charge in [-0.15, -0.1) is 0 Å². The average molecular weight is 257 g/mol. The van der Waals surface area contributed by atoms with Crippen molar-refractivity contribution >= 4 is 17.3 Å². The van der Waals surface area contributed by atoms with Crippen LogP contribution >= 0.6 is 0 Å². The summed E-state index contributed by atoms with van der Waals surface area (Å²) in [4.78, 5) is 14.7. The summed E-state index contributed by atoms with van der Waals surface area (Å²) in [5.41, 5.74) is 2.13. The monoisotopic (exact) mass is 257 g/mol. The van der Waals surface area contributed by atoms with Crippen LogP contribution in [0.4, 0.5) is 11.4 Å². The molecule has 3 unspecified atom stereocenters. The zero-order valence-corrected chi connectivity index (χ0v) is 10.9. The number of piperidine rings is 1. The average Bonchev–Trinajstić information content (AvgIpc) is 3.08. The van der Waals surface area contributed by atoms with Gasteiger partial charge in [0, 0.05) is 19.1 Å². The van der Waals surface area contributed by atoms with Gasteiger partial charge in [0.15, 0.2) is 0 Å². The van der Waals surface area contributed by atoms with Crippen LogP contribution in [0.25, 0.3) is 0 Å². The molecule has 3 atom stereocenters. The van der Waals surface area contributed by atoms with E-state index in [4.69, 9.17) is 0 Å². The van der Waals surface area contributed by atoms with Crippen LogP contribution < -0.4 is 10.6 Å². The van der Waals surface area contributed by atoms with Gasteiger partial charge < -0.3 is 15.5 Å². The minimum absolute atomic E-state index is 0.116. The van der Waals surface area contributed by atoms with Gasteiger partial charge in [0.1, 0.15) is 6.04 Å². The summed E-state index contributed by atoms with van der Waals surface area (Å²) in [5.74, 6) is 1.03. The fourth-order valence-electron chi connectivity index (χ4n) is 3.76. The van der Waals surface area contributed by atoms with Gasteiger partial charge in [-0.25, -0.2) is 0 Å². The Hall–Kier alpha value is -1.71. The minimum Gasteiger partial charge on any atom is -0.381 e. The van der Waals surface area contributed by atoms with Crippen LogP contribution in [0.15, 0.2) is 24.3 Å². The van der Waals surface area contributed by atoms with Gasteiger partial charge >= 0.3 is 0 Å². The Morgan fingerprint density at radius 3 is 2.79 bits per heavy atom. The first kappa shape index (κ1) is 11.1. The van der Waals surface area contributed by atoms with Gasteiger partial charge in [-0.05, 0) is 37.3 Å². The van der Waals surface area contributed by atoms with Gasteiger partial charge in [0.2, 0.25) is 5.91 Å². The molecule has 1 aromatic carbocycles. The third-order valence-electron chi connectivity index (χ3n) is 4.74. The van der Waals surface area contributed by atoms with E-state index in [1.807, 2.05) is 24.3 Å². The molecular formula is C15H19N3O. The van der Waals surface area contributed by atoms with Crippen LogP contribution in [-0.2, 0) is 4.79 Å². The number of nitrogens with one attached hydrogen (secondary N) is 2.